The molecule has 35 heavy (non-hydrogen) atoms. The Hall–Kier alpha value is -2.97. The number of piperidine rings is 1. The number of likely N-dealkylation sites (tertiary alicyclic amines) is 1. The van der Waals surface area contributed by atoms with Gasteiger partial charge in [0, 0.05) is 25.8 Å². The topological polar surface area (TPSA) is 74.5 Å². The van der Waals surface area contributed by atoms with Crippen molar-refractivity contribution in [3.63, 3.8) is 0 Å². The van der Waals surface area contributed by atoms with Crippen LogP contribution < -0.4 is 9.47 Å². The van der Waals surface area contributed by atoms with E-state index in [1.54, 1.807) is 21.3 Å². The summed E-state index contributed by atoms with van der Waals surface area (Å²) in [4.78, 5) is 2.48. The molecule has 0 bridgehead atoms. The summed E-state index contributed by atoms with van der Waals surface area (Å²) in [6.45, 7) is 5.75. The second kappa shape index (κ2) is 11.6. The minimum Gasteiger partial charge on any atom is -0.493 e. The number of para-hydroxylation sites is 1. The van der Waals surface area contributed by atoms with Gasteiger partial charge in [-0.2, -0.15) is 0 Å². The highest BCUT2D eigenvalue weighted by Crippen LogP contribution is 2.43. The Labute approximate surface area is 208 Å². The minimum atomic E-state index is -0.141. The fraction of sp³-hybridized carbons (Fsp3) is 0.519. The molecule has 0 saturated carbocycles. The van der Waals surface area contributed by atoms with E-state index in [2.05, 4.69) is 57.7 Å². The van der Waals surface area contributed by atoms with Crippen LogP contribution in [0.2, 0.25) is 0 Å². The summed E-state index contributed by atoms with van der Waals surface area (Å²) >= 11 is 0. The lowest BCUT2D eigenvalue weighted by atomic mass is 9.77. The maximum Gasteiger partial charge on any atom is 0.173 e. The van der Waals surface area contributed by atoms with Gasteiger partial charge in [0.2, 0.25) is 0 Å². The average Bonchev–Trinajstić information content (AvgIpc) is 3.36. The Bertz CT molecular complexity index is 1060. The van der Waals surface area contributed by atoms with Crippen molar-refractivity contribution in [1.82, 2.24) is 25.1 Å². The van der Waals surface area contributed by atoms with Gasteiger partial charge in [0.05, 0.1) is 14.2 Å². The predicted molar refractivity (Wildman–Crippen MR) is 135 cm³/mol. The SMILES string of the molecule is COCCC1(C)CCN(C(c2cccc(OC)c2OC)c2nnnn2CCc2ccccc2)CC1. The number of nitrogens with zero attached hydrogens (tertiary/aromatic N) is 5. The van der Waals surface area contributed by atoms with Crippen molar-refractivity contribution < 1.29 is 14.2 Å². The largest absolute Gasteiger partial charge is 0.493 e. The third-order valence-electron chi connectivity index (χ3n) is 7.27. The first-order valence-electron chi connectivity index (χ1n) is 12.3. The van der Waals surface area contributed by atoms with Crippen LogP contribution in [-0.4, -0.2) is 66.1 Å². The first-order chi connectivity index (χ1) is 17.1. The number of rotatable bonds is 11. The van der Waals surface area contributed by atoms with E-state index in [0.717, 1.165) is 62.5 Å². The molecule has 1 atom stereocenters. The van der Waals surface area contributed by atoms with Crippen LogP contribution in [0.25, 0.3) is 0 Å². The van der Waals surface area contributed by atoms with E-state index in [4.69, 9.17) is 14.2 Å². The Morgan fingerprint density at radius 3 is 2.43 bits per heavy atom. The summed E-state index contributed by atoms with van der Waals surface area (Å²) in [6.07, 6.45) is 4.10. The smallest absolute Gasteiger partial charge is 0.173 e. The molecule has 8 heteroatoms. The summed E-state index contributed by atoms with van der Waals surface area (Å²) in [5.74, 6) is 2.26. The lowest BCUT2D eigenvalue weighted by Gasteiger charge is -2.42. The van der Waals surface area contributed by atoms with Crippen molar-refractivity contribution in [1.29, 1.82) is 0 Å². The maximum atomic E-state index is 5.85. The lowest BCUT2D eigenvalue weighted by molar-refractivity contribution is 0.0607. The summed E-state index contributed by atoms with van der Waals surface area (Å²) in [5.41, 5.74) is 2.55. The second-order valence-electron chi connectivity index (χ2n) is 9.57. The molecular weight excluding hydrogens is 442 g/mol. The van der Waals surface area contributed by atoms with Crippen LogP contribution in [0.15, 0.2) is 48.5 Å². The van der Waals surface area contributed by atoms with Gasteiger partial charge in [0.15, 0.2) is 17.3 Å². The molecule has 1 saturated heterocycles. The van der Waals surface area contributed by atoms with Crippen LogP contribution in [0.4, 0.5) is 0 Å². The minimum absolute atomic E-state index is 0.141. The molecule has 0 N–H and O–H groups in total. The highest BCUT2D eigenvalue weighted by Gasteiger charge is 2.37. The van der Waals surface area contributed by atoms with E-state index in [1.165, 1.54) is 5.56 Å². The normalized spacial score (nSPS) is 16.7. The van der Waals surface area contributed by atoms with Crippen molar-refractivity contribution >= 4 is 0 Å². The first-order valence-corrected chi connectivity index (χ1v) is 12.3. The van der Waals surface area contributed by atoms with Crippen LogP contribution >= 0.6 is 0 Å². The monoisotopic (exact) mass is 479 g/mol. The van der Waals surface area contributed by atoms with Crippen molar-refractivity contribution in [2.24, 2.45) is 5.41 Å². The van der Waals surface area contributed by atoms with Gasteiger partial charge in [-0.05, 0) is 66.2 Å². The third-order valence-corrected chi connectivity index (χ3v) is 7.27. The number of hydrogen-bond acceptors (Lipinski definition) is 7. The number of aromatic nitrogens is 4. The molecule has 1 aromatic heterocycles. The molecule has 1 aliphatic rings. The standard InChI is InChI=1S/C27H37N5O3/c1-27(16-20-33-2)14-18-31(19-15-27)24(22-11-8-12-23(34-3)25(22)35-4)26-28-29-30-32(26)17-13-21-9-6-5-7-10-21/h5-12,24H,13-20H2,1-4H3. The van der Waals surface area contributed by atoms with Crippen molar-refractivity contribution in [3.8, 4) is 11.5 Å². The van der Waals surface area contributed by atoms with E-state index < -0.39 is 0 Å². The van der Waals surface area contributed by atoms with Crippen molar-refractivity contribution in [2.45, 2.75) is 45.2 Å². The molecule has 0 radical (unpaired) electrons. The molecule has 1 aliphatic heterocycles. The number of benzene rings is 2. The van der Waals surface area contributed by atoms with Gasteiger partial charge < -0.3 is 14.2 Å². The van der Waals surface area contributed by atoms with Crippen LogP contribution in [0.1, 0.15) is 49.2 Å². The van der Waals surface area contributed by atoms with Gasteiger partial charge in [-0.15, -0.1) is 5.10 Å². The van der Waals surface area contributed by atoms with Crippen LogP contribution in [0, 0.1) is 5.41 Å². The zero-order valence-corrected chi connectivity index (χ0v) is 21.3. The molecule has 0 spiro atoms. The molecule has 188 valence electrons. The van der Waals surface area contributed by atoms with Crippen LogP contribution in [0.5, 0.6) is 11.5 Å². The van der Waals surface area contributed by atoms with Crippen LogP contribution in [-0.2, 0) is 17.7 Å². The molecule has 4 rings (SSSR count). The van der Waals surface area contributed by atoms with Gasteiger partial charge in [-0.3, -0.25) is 4.90 Å². The van der Waals surface area contributed by atoms with Gasteiger partial charge >= 0.3 is 0 Å². The molecule has 1 unspecified atom stereocenters. The highest BCUT2D eigenvalue weighted by atomic mass is 16.5. The number of methoxy groups -OCH3 is 3. The molecule has 3 aromatic rings. The van der Waals surface area contributed by atoms with E-state index in [9.17, 15) is 0 Å². The Kier molecular flexibility index (Phi) is 8.36. The zero-order valence-electron chi connectivity index (χ0n) is 21.3. The quantitative estimate of drug-likeness (QED) is 0.409. The molecule has 2 aromatic carbocycles. The van der Waals surface area contributed by atoms with E-state index >= 15 is 0 Å². The lowest BCUT2D eigenvalue weighted by Crippen LogP contribution is -2.42. The first kappa shape index (κ1) is 25.1. The Balaban J connectivity index is 1.66. The predicted octanol–water partition coefficient (Wildman–Crippen LogP) is 4.16. The average molecular weight is 480 g/mol. The number of aryl methyl sites for hydroxylation is 2. The molecule has 2 heterocycles. The van der Waals surface area contributed by atoms with E-state index in [1.807, 2.05) is 22.9 Å². The van der Waals surface area contributed by atoms with Crippen molar-refractivity contribution in [3.05, 3.63) is 65.5 Å². The second-order valence-corrected chi connectivity index (χ2v) is 9.57. The number of hydrogen-bond donors (Lipinski definition) is 0. The third kappa shape index (κ3) is 5.82. The number of tetrazole rings is 1. The fourth-order valence-corrected chi connectivity index (χ4v) is 4.99. The highest BCUT2D eigenvalue weighted by molar-refractivity contribution is 5.49. The molecule has 0 amide bonds. The van der Waals surface area contributed by atoms with Crippen molar-refractivity contribution in [2.75, 3.05) is 41.0 Å². The molecule has 8 nitrogen and oxygen atoms in total. The van der Waals surface area contributed by atoms with E-state index in [0.29, 0.717) is 12.3 Å². The van der Waals surface area contributed by atoms with Gasteiger partial charge in [0.1, 0.15) is 6.04 Å². The zero-order chi connectivity index (χ0) is 24.7. The summed E-state index contributed by atoms with van der Waals surface area (Å²) < 4.78 is 18.8. The Morgan fingerprint density at radius 1 is 0.971 bits per heavy atom. The fourth-order valence-electron chi connectivity index (χ4n) is 4.99. The van der Waals surface area contributed by atoms with Crippen LogP contribution in [0.3, 0.4) is 0 Å². The molecule has 1 fully saturated rings. The molecule has 0 aliphatic carbocycles. The summed E-state index contributed by atoms with van der Waals surface area (Å²) in [6, 6.07) is 16.3. The number of ether oxygens (including phenoxy) is 3. The van der Waals surface area contributed by atoms with Gasteiger partial charge in [0.25, 0.3) is 0 Å². The van der Waals surface area contributed by atoms with Gasteiger partial charge in [-0.1, -0.05) is 49.4 Å². The van der Waals surface area contributed by atoms with E-state index in [-0.39, 0.29) is 11.5 Å². The summed E-state index contributed by atoms with van der Waals surface area (Å²) in [5, 5.41) is 13.0. The van der Waals surface area contributed by atoms with Gasteiger partial charge in [-0.25, -0.2) is 4.68 Å². The maximum absolute atomic E-state index is 5.85. The molecular formula is C27H37N5O3. The summed E-state index contributed by atoms with van der Waals surface area (Å²) in [7, 11) is 5.14. The Morgan fingerprint density at radius 2 is 1.74 bits per heavy atom.